The van der Waals surface area contributed by atoms with E-state index in [1.165, 1.54) is 5.56 Å². The summed E-state index contributed by atoms with van der Waals surface area (Å²) in [4.78, 5) is 11.5. The summed E-state index contributed by atoms with van der Waals surface area (Å²) >= 11 is 0. The van der Waals surface area contributed by atoms with Crippen molar-refractivity contribution in [2.45, 2.75) is 45.6 Å². The van der Waals surface area contributed by atoms with Gasteiger partial charge in [0.1, 0.15) is 5.75 Å². The van der Waals surface area contributed by atoms with E-state index in [2.05, 4.69) is 12.2 Å². The second-order valence-corrected chi connectivity index (χ2v) is 5.39. The van der Waals surface area contributed by atoms with E-state index in [4.69, 9.17) is 10.5 Å². The Morgan fingerprint density at radius 2 is 2.00 bits per heavy atom. The maximum Gasteiger partial charge on any atom is 0.237 e. The van der Waals surface area contributed by atoms with Crippen LogP contribution in [0.5, 0.6) is 5.75 Å². The molecule has 0 fully saturated rings. The second-order valence-electron chi connectivity index (χ2n) is 5.39. The summed E-state index contributed by atoms with van der Waals surface area (Å²) in [6.07, 6.45) is 2.43. The second kappa shape index (κ2) is 7.90. The lowest BCUT2D eigenvalue weighted by molar-refractivity contribution is -0.124. The number of amides is 1. The summed E-state index contributed by atoms with van der Waals surface area (Å²) in [5, 5.41) is 3.22. The largest absolute Gasteiger partial charge is 0.494 e. The Morgan fingerprint density at radius 1 is 1.35 bits per heavy atom. The number of hydrogen-bond donors (Lipinski definition) is 2. The molecule has 0 spiro atoms. The van der Waals surface area contributed by atoms with Crippen LogP contribution in [0.15, 0.2) is 24.3 Å². The number of carbonyl (C=O) groups excluding carboxylic acids is 1. The topological polar surface area (TPSA) is 64.3 Å². The van der Waals surface area contributed by atoms with Gasteiger partial charge in [0, 0.05) is 0 Å². The van der Waals surface area contributed by atoms with Gasteiger partial charge in [0.25, 0.3) is 0 Å². The molecule has 0 aliphatic carbocycles. The van der Waals surface area contributed by atoms with Gasteiger partial charge in [-0.25, -0.2) is 0 Å². The zero-order valence-corrected chi connectivity index (χ0v) is 12.7. The van der Waals surface area contributed by atoms with Crippen molar-refractivity contribution in [3.05, 3.63) is 29.8 Å². The van der Waals surface area contributed by atoms with E-state index >= 15 is 0 Å². The molecule has 1 unspecified atom stereocenters. The smallest absolute Gasteiger partial charge is 0.237 e. The number of aryl methyl sites for hydroxylation is 1. The average Bonchev–Trinajstić information content (AvgIpc) is 2.43. The number of nitrogens with two attached hydrogens (primary N) is 1. The highest BCUT2D eigenvalue weighted by Gasteiger charge is 2.29. The monoisotopic (exact) mass is 278 g/mol. The Morgan fingerprint density at radius 3 is 2.55 bits per heavy atom. The van der Waals surface area contributed by atoms with Crippen molar-refractivity contribution >= 4 is 5.91 Å². The fraction of sp³-hybridized carbons (Fsp3) is 0.562. The minimum Gasteiger partial charge on any atom is -0.494 e. The van der Waals surface area contributed by atoms with Gasteiger partial charge >= 0.3 is 0 Å². The molecule has 1 rings (SSSR count). The predicted molar refractivity (Wildman–Crippen MR) is 81.8 cm³/mol. The van der Waals surface area contributed by atoms with Crippen LogP contribution in [-0.2, 0) is 4.79 Å². The van der Waals surface area contributed by atoms with Crippen molar-refractivity contribution in [1.82, 2.24) is 5.32 Å². The quantitative estimate of drug-likeness (QED) is 0.682. The minimum absolute atomic E-state index is 0.304. The van der Waals surface area contributed by atoms with Crippen molar-refractivity contribution in [2.75, 3.05) is 13.2 Å². The van der Waals surface area contributed by atoms with Gasteiger partial charge in [-0.05, 0) is 51.8 Å². The number of hydrogen-bond acceptors (Lipinski definition) is 3. The molecule has 0 radical (unpaired) electrons. The third-order valence-electron chi connectivity index (χ3n) is 3.42. The van der Waals surface area contributed by atoms with Crippen LogP contribution in [-0.4, -0.2) is 24.6 Å². The molecule has 1 aromatic carbocycles. The normalized spacial score (nSPS) is 13.8. The molecule has 0 heterocycles. The van der Waals surface area contributed by atoms with E-state index in [0.717, 1.165) is 25.1 Å². The molecule has 0 saturated heterocycles. The van der Waals surface area contributed by atoms with Crippen LogP contribution in [0.25, 0.3) is 0 Å². The highest BCUT2D eigenvalue weighted by molar-refractivity contribution is 5.84. The lowest BCUT2D eigenvalue weighted by atomic mass is 9.95. The van der Waals surface area contributed by atoms with Gasteiger partial charge in [0.15, 0.2) is 0 Å². The van der Waals surface area contributed by atoms with Gasteiger partial charge in [-0.3, -0.25) is 4.79 Å². The summed E-state index contributed by atoms with van der Waals surface area (Å²) in [7, 11) is 0. The molecule has 20 heavy (non-hydrogen) atoms. The summed E-state index contributed by atoms with van der Waals surface area (Å²) in [5.41, 5.74) is 6.04. The van der Waals surface area contributed by atoms with Crippen LogP contribution >= 0.6 is 0 Å². The molecular weight excluding hydrogens is 252 g/mol. The lowest BCUT2D eigenvalue weighted by Gasteiger charge is -2.27. The number of primary amides is 1. The van der Waals surface area contributed by atoms with E-state index < -0.39 is 5.54 Å². The molecule has 0 aliphatic rings. The van der Waals surface area contributed by atoms with Crippen LogP contribution in [0.4, 0.5) is 0 Å². The molecule has 1 aromatic rings. The van der Waals surface area contributed by atoms with Gasteiger partial charge in [0.2, 0.25) is 5.91 Å². The van der Waals surface area contributed by atoms with Gasteiger partial charge in [-0.15, -0.1) is 0 Å². The Labute approximate surface area is 121 Å². The third-order valence-corrected chi connectivity index (χ3v) is 3.42. The zero-order valence-electron chi connectivity index (χ0n) is 12.7. The Balaban J connectivity index is 2.37. The van der Waals surface area contributed by atoms with Crippen molar-refractivity contribution in [2.24, 2.45) is 5.73 Å². The van der Waals surface area contributed by atoms with Gasteiger partial charge in [0.05, 0.1) is 12.1 Å². The predicted octanol–water partition coefficient (Wildman–Crippen LogP) is 2.40. The number of rotatable bonds is 9. The first-order valence-electron chi connectivity index (χ1n) is 7.22. The molecule has 0 saturated carbocycles. The summed E-state index contributed by atoms with van der Waals surface area (Å²) in [6, 6.07) is 7.95. The first-order valence-corrected chi connectivity index (χ1v) is 7.22. The van der Waals surface area contributed by atoms with Gasteiger partial charge in [-0.2, -0.15) is 0 Å². The van der Waals surface area contributed by atoms with Crippen molar-refractivity contribution in [3.63, 3.8) is 0 Å². The van der Waals surface area contributed by atoms with Crippen LogP contribution in [0.3, 0.4) is 0 Å². The van der Waals surface area contributed by atoms with Crippen LogP contribution in [0, 0.1) is 6.92 Å². The number of nitrogens with one attached hydrogen (secondary N) is 1. The molecule has 4 nitrogen and oxygen atoms in total. The van der Waals surface area contributed by atoms with Crippen molar-refractivity contribution in [1.29, 1.82) is 0 Å². The first kappa shape index (κ1) is 16.5. The highest BCUT2D eigenvalue weighted by atomic mass is 16.5. The number of carbonyl (C=O) groups is 1. The standard InChI is InChI=1S/C16H26N2O2/c1-4-11-18-16(3,15(17)19)10-5-12-20-14-8-6-13(2)7-9-14/h6-9,18H,4-5,10-12H2,1-3H3,(H2,17,19). The Bertz CT molecular complexity index is 417. The van der Waals surface area contributed by atoms with Gasteiger partial charge < -0.3 is 15.8 Å². The molecule has 0 aliphatic heterocycles. The minimum atomic E-state index is -0.646. The van der Waals surface area contributed by atoms with Crippen LogP contribution in [0.1, 0.15) is 38.7 Å². The van der Waals surface area contributed by atoms with E-state index in [1.807, 2.05) is 38.1 Å². The Hall–Kier alpha value is -1.55. The fourth-order valence-corrected chi connectivity index (χ4v) is 1.95. The lowest BCUT2D eigenvalue weighted by Crippen LogP contribution is -2.53. The molecular formula is C16H26N2O2. The van der Waals surface area contributed by atoms with E-state index in [-0.39, 0.29) is 5.91 Å². The first-order chi connectivity index (χ1) is 9.48. The zero-order chi connectivity index (χ0) is 15.0. The molecule has 3 N–H and O–H groups in total. The summed E-state index contributed by atoms with van der Waals surface area (Å²) in [5.74, 6) is 0.555. The van der Waals surface area contributed by atoms with Gasteiger partial charge in [-0.1, -0.05) is 24.6 Å². The molecule has 1 atom stereocenters. The van der Waals surface area contributed by atoms with E-state index in [9.17, 15) is 4.79 Å². The third kappa shape index (κ3) is 5.21. The fourth-order valence-electron chi connectivity index (χ4n) is 1.95. The molecule has 112 valence electrons. The SMILES string of the molecule is CCCNC(C)(CCCOc1ccc(C)cc1)C(N)=O. The number of ether oxygens (including phenoxy) is 1. The molecule has 4 heteroatoms. The van der Waals surface area contributed by atoms with Crippen molar-refractivity contribution in [3.8, 4) is 5.75 Å². The summed E-state index contributed by atoms with van der Waals surface area (Å²) in [6.45, 7) is 7.34. The molecule has 1 amide bonds. The van der Waals surface area contributed by atoms with Crippen molar-refractivity contribution < 1.29 is 9.53 Å². The van der Waals surface area contributed by atoms with E-state index in [1.54, 1.807) is 0 Å². The molecule has 0 aromatic heterocycles. The highest BCUT2D eigenvalue weighted by Crippen LogP contribution is 2.15. The maximum atomic E-state index is 11.5. The van der Waals surface area contributed by atoms with Crippen LogP contribution in [0.2, 0.25) is 0 Å². The average molecular weight is 278 g/mol. The Kier molecular flexibility index (Phi) is 6.52. The van der Waals surface area contributed by atoms with Crippen LogP contribution < -0.4 is 15.8 Å². The number of benzene rings is 1. The summed E-state index contributed by atoms with van der Waals surface area (Å²) < 4.78 is 5.66. The maximum absolute atomic E-state index is 11.5. The van der Waals surface area contributed by atoms with E-state index in [0.29, 0.717) is 13.0 Å². The molecule has 0 bridgehead atoms.